The molecule has 0 unspecified atom stereocenters. The van der Waals surface area contributed by atoms with Crippen LogP contribution < -0.4 is 5.73 Å². The number of hydrogen-bond acceptors (Lipinski definition) is 6. The lowest BCUT2D eigenvalue weighted by molar-refractivity contribution is -0.385. The smallest absolute Gasteiger partial charge is 0.270 e. The maximum atomic E-state index is 12.6. The van der Waals surface area contributed by atoms with E-state index in [0.717, 1.165) is 6.07 Å². The summed E-state index contributed by atoms with van der Waals surface area (Å²) in [6.45, 7) is 3.92. The molecule has 2 N–H and O–H groups in total. The highest BCUT2D eigenvalue weighted by atomic mass is 32.2. The first-order chi connectivity index (χ1) is 9.71. The van der Waals surface area contributed by atoms with Gasteiger partial charge in [0.15, 0.2) is 0 Å². The van der Waals surface area contributed by atoms with Gasteiger partial charge in [-0.1, -0.05) is 0 Å². The monoisotopic (exact) mass is 315 g/mol. The molecule has 1 aliphatic rings. The molecular weight excluding hydrogens is 298 g/mol. The van der Waals surface area contributed by atoms with Crippen LogP contribution in [0.1, 0.15) is 13.8 Å². The first kappa shape index (κ1) is 15.7. The van der Waals surface area contributed by atoms with E-state index in [2.05, 4.69) is 0 Å². The van der Waals surface area contributed by atoms with Gasteiger partial charge in [-0.2, -0.15) is 4.31 Å². The van der Waals surface area contributed by atoms with Crippen LogP contribution in [0, 0.1) is 10.1 Å². The van der Waals surface area contributed by atoms with Crippen molar-refractivity contribution < 1.29 is 18.1 Å². The lowest BCUT2D eigenvalue weighted by Crippen LogP contribution is -2.48. The molecule has 0 radical (unpaired) electrons. The van der Waals surface area contributed by atoms with E-state index in [1.165, 1.54) is 16.4 Å². The first-order valence-electron chi connectivity index (χ1n) is 6.41. The van der Waals surface area contributed by atoms with Crippen molar-refractivity contribution in [3.63, 3.8) is 0 Å². The van der Waals surface area contributed by atoms with Crippen LogP contribution >= 0.6 is 0 Å². The van der Waals surface area contributed by atoms with Crippen molar-refractivity contribution in [3.05, 3.63) is 28.3 Å². The van der Waals surface area contributed by atoms with Crippen molar-refractivity contribution in [2.24, 2.45) is 0 Å². The molecule has 116 valence electrons. The summed E-state index contributed by atoms with van der Waals surface area (Å²) >= 11 is 0. The first-order valence-corrected chi connectivity index (χ1v) is 7.85. The second-order valence-corrected chi connectivity index (χ2v) is 6.96. The van der Waals surface area contributed by atoms with Gasteiger partial charge in [0.05, 0.1) is 22.8 Å². The Hall–Kier alpha value is -1.71. The van der Waals surface area contributed by atoms with Crippen LogP contribution in [-0.4, -0.2) is 42.9 Å². The Morgan fingerprint density at radius 2 is 1.90 bits per heavy atom. The summed E-state index contributed by atoms with van der Waals surface area (Å²) in [5.74, 6) is 0. The van der Waals surface area contributed by atoms with Gasteiger partial charge in [-0.05, 0) is 19.9 Å². The van der Waals surface area contributed by atoms with Crippen LogP contribution in [-0.2, 0) is 14.8 Å². The molecule has 0 spiro atoms. The third-order valence-electron chi connectivity index (χ3n) is 3.21. The van der Waals surface area contributed by atoms with E-state index >= 15 is 0 Å². The number of morpholine rings is 1. The predicted octanol–water partition coefficient (Wildman–Crippen LogP) is 0.975. The van der Waals surface area contributed by atoms with Crippen LogP contribution in [0.3, 0.4) is 0 Å². The summed E-state index contributed by atoms with van der Waals surface area (Å²) in [6.07, 6.45) is -0.494. The minimum absolute atomic E-state index is 0.00704. The maximum absolute atomic E-state index is 12.6. The number of sulfonamides is 1. The largest absolute Gasteiger partial charge is 0.398 e. The number of nitrogens with zero attached hydrogens (tertiary/aromatic N) is 2. The minimum atomic E-state index is -3.89. The molecule has 1 heterocycles. The van der Waals surface area contributed by atoms with Crippen LogP contribution in [0.4, 0.5) is 11.4 Å². The summed E-state index contributed by atoms with van der Waals surface area (Å²) in [4.78, 5) is 9.92. The molecule has 0 amide bonds. The molecule has 2 atom stereocenters. The SMILES string of the molecule is C[C@@H]1CN(S(=O)(=O)c2cc([N+](=O)[O-])ccc2N)C[C@H](C)O1. The highest BCUT2D eigenvalue weighted by Gasteiger charge is 2.34. The van der Waals surface area contributed by atoms with Gasteiger partial charge in [-0.15, -0.1) is 0 Å². The second kappa shape index (κ2) is 5.58. The summed E-state index contributed by atoms with van der Waals surface area (Å²) in [5, 5.41) is 10.8. The Morgan fingerprint density at radius 3 is 2.43 bits per heavy atom. The molecule has 8 nitrogen and oxygen atoms in total. The highest BCUT2D eigenvalue weighted by molar-refractivity contribution is 7.89. The van der Waals surface area contributed by atoms with Crippen molar-refractivity contribution >= 4 is 21.4 Å². The lowest BCUT2D eigenvalue weighted by Gasteiger charge is -2.34. The summed E-state index contributed by atoms with van der Waals surface area (Å²) in [5.41, 5.74) is 5.38. The second-order valence-electron chi connectivity index (χ2n) is 5.06. The van der Waals surface area contributed by atoms with Crippen molar-refractivity contribution in [1.29, 1.82) is 0 Å². The maximum Gasteiger partial charge on any atom is 0.270 e. The van der Waals surface area contributed by atoms with E-state index in [0.29, 0.717) is 0 Å². The van der Waals surface area contributed by atoms with Gasteiger partial charge in [0.1, 0.15) is 4.90 Å². The standard InChI is InChI=1S/C12H17N3O5S/c1-8-6-14(7-9(2)20-8)21(18,19)12-5-10(15(16)17)3-4-11(12)13/h3-5,8-9H,6-7,13H2,1-2H3/t8-,9+. The molecule has 0 saturated carbocycles. The van der Waals surface area contributed by atoms with E-state index < -0.39 is 14.9 Å². The number of benzene rings is 1. The van der Waals surface area contributed by atoms with E-state index in [1.807, 2.05) is 0 Å². The van der Waals surface area contributed by atoms with Crippen LogP contribution in [0.15, 0.2) is 23.1 Å². The van der Waals surface area contributed by atoms with Crippen molar-refractivity contribution in [2.75, 3.05) is 18.8 Å². The molecule has 0 bridgehead atoms. The third kappa shape index (κ3) is 3.14. The topological polar surface area (TPSA) is 116 Å². The van der Waals surface area contributed by atoms with Crippen molar-refractivity contribution in [2.45, 2.75) is 31.0 Å². The number of rotatable bonds is 3. The van der Waals surface area contributed by atoms with Crippen LogP contribution in [0.5, 0.6) is 0 Å². The molecule has 1 aliphatic heterocycles. The molecule has 1 aromatic rings. The third-order valence-corrected chi connectivity index (χ3v) is 5.10. The molecule has 1 fully saturated rings. The minimum Gasteiger partial charge on any atom is -0.398 e. The van der Waals surface area contributed by atoms with E-state index in [-0.39, 0.29) is 41.6 Å². The quantitative estimate of drug-likeness (QED) is 0.505. The van der Waals surface area contributed by atoms with Crippen molar-refractivity contribution in [1.82, 2.24) is 4.31 Å². The van der Waals surface area contributed by atoms with Gasteiger partial charge < -0.3 is 10.5 Å². The van der Waals surface area contributed by atoms with Gasteiger partial charge in [0, 0.05) is 25.2 Å². The number of nitro groups is 1. The van der Waals surface area contributed by atoms with Crippen molar-refractivity contribution in [3.8, 4) is 0 Å². The number of hydrogen-bond donors (Lipinski definition) is 1. The van der Waals surface area contributed by atoms with Gasteiger partial charge in [-0.3, -0.25) is 10.1 Å². The van der Waals surface area contributed by atoms with Gasteiger partial charge in [0.2, 0.25) is 10.0 Å². The van der Waals surface area contributed by atoms with Gasteiger partial charge in [0.25, 0.3) is 5.69 Å². The zero-order valence-electron chi connectivity index (χ0n) is 11.7. The average molecular weight is 315 g/mol. The predicted molar refractivity (Wildman–Crippen MR) is 76.3 cm³/mol. The fourth-order valence-corrected chi connectivity index (χ4v) is 4.05. The van der Waals surface area contributed by atoms with Crippen LogP contribution in [0.2, 0.25) is 0 Å². The molecule has 1 aromatic carbocycles. The molecule has 2 rings (SSSR count). The molecule has 0 aromatic heterocycles. The van der Waals surface area contributed by atoms with Crippen LogP contribution in [0.25, 0.3) is 0 Å². The Bertz CT molecular complexity index is 651. The summed E-state index contributed by atoms with van der Waals surface area (Å²) < 4.78 is 32.0. The highest BCUT2D eigenvalue weighted by Crippen LogP contribution is 2.28. The number of nitrogens with two attached hydrogens (primary N) is 1. The van der Waals surface area contributed by atoms with E-state index in [1.54, 1.807) is 13.8 Å². The zero-order chi connectivity index (χ0) is 15.8. The normalized spacial score (nSPS) is 23.9. The lowest BCUT2D eigenvalue weighted by atomic mass is 10.3. The number of non-ortho nitro benzene ring substituents is 1. The molecule has 1 saturated heterocycles. The number of nitrogen functional groups attached to an aromatic ring is 1. The summed E-state index contributed by atoms with van der Waals surface area (Å²) in [6, 6.07) is 3.41. The Morgan fingerprint density at radius 1 is 1.33 bits per heavy atom. The molecule has 21 heavy (non-hydrogen) atoms. The molecule has 0 aliphatic carbocycles. The summed E-state index contributed by atoms with van der Waals surface area (Å²) in [7, 11) is -3.89. The fourth-order valence-electron chi connectivity index (χ4n) is 2.33. The number of anilines is 1. The van der Waals surface area contributed by atoms with E-state index in [4.69, 9.17) is 10.5 Å². The Labute approximate surface area is 122 Å². The van der Waals surface area contributed by atoms with E-state index in [9.17, 15) is 18.5 Å². The Balaban J connectivity index is 2.44. The number of ether oxygens (including phenoxy) is 1. The zero-order valence-corrected chi connectivity index (χ0v) is 12.5. The average Bonchev–Trinajstić information content (AvgIpc) is 2.37. The van der Waals surface area contributed by atoms with Gasteiger partial charge >= 0.3 is 0 Å². The van der Waals surface area contributed by atoms with Gasteiger partial charge in [-0.25, -0.2) is 8.42 Å². The molecular formula is C12H17N3O5S. The number of nitro benzene ring substituents is 1. The Kier molecular flexibility index (Phi) is 4.17. The molecule has 9 heteroatoms. The fraction of sp³-hybridized carbons (Fsp3) is 0.500.